The lowest BCUT2D eigenvalue weighted by Gasteiger charge is -2.09. The van der Waals surface area contributed by atoms with Crippen molar-refractivity contribution in [2.75, 3.05) is 0 Å². The number of aromatic nitrogens is 2. The first kappa shape index (κ1) is 20.9. The van der Waals surface area contributed by atoms with Crippen LogP contribution in [0.25, 0.3) is 59.2 Å². The molecule has 0 aliphatic heterocycles. The van der Waals surface area contributed by atoms with Gasteiger partial charge in [0.15, 0.2) is 0 Å². The minimum Gasteiger partial charge on any atom is -0.236 e. The van der Waals surface area contributed by atoms with Crippen LogP contribution in [0, 0.1) is 0 Å². The molecular formula is C34H24N2S. The molecule has 1 fully saturated rings. The van der Waals surface area contributed by atoms with E-state index < -0.39 is 0 Å². The molecule has 8 rings (SSSR count). The SMILES string of the molecule is c1ccc(-c2c(-c3ccc(-c4cccc5ccccc45)s3)nn3c(C4CC4)cc4ccccc4c23)cc1. The fraction of sp³-hybridized carbons (Fsp3) is 0.0882. The van der Waals surface area contributed by atoms with Gasteiger partial charge in [0.1, 0.15) is 5.69 Å². The van der Waals surface area contributed by atoms with Crippen LogP contribution in [-0.4, -0.2) is 9.61 Å². The summed E-state index contributed by atoms with van der Waals surface area (Å²) in [6, 6.07) is 41.7. The third-order valence-electron chi connectivity index (χ3n) is 7.60. The molecule has 7 aromatic rings. The third kappa shape index (κ3) is 3.35. The monoisotopic (exact) mass is 492 g/mol. The number of fused-ring (bicyclic) bond motifs is 4. The molecule has 3 aromatic heterocycles. The number of rotatable bonds is 4. The van der Waals surface area contributed by atoms with Crippen molar-refractivity contribution >= 4 is 38.4 Å². The quantitative estimate of drug-likeness (QED) is 0.239. The molecule has 176 valence electrons. The van der Waals surface area contributed by atoms with Gasteiger partial charge in [0, 0.05) is 27.4 Å². The Morgan fingerprint density at radius 3 is 2.19 bits per heavy atom. The molecule has 2 nitrogen and oxygen atoms in total. The van der Waals surface area contributed by atoms with Gasteiger partial charge in [0.25, 0.3) is 0 Å². The van der Waals surface area contributed by atoms with Crippen LogP contribution in [0.2, 0.25) is 0 Å². The van der Waals surface area contributed by atoms with E-state index in [-0.39, 0.29) is 0 Å². The maximum Gasteiger partial charge on any atom is 0.111 e. The van der Waals surface area contributed by atoms with Crippen molar-refractivity contribution in [1.29, 1.82) is 0 Å². The Labute approximate surface area is 219 Å². The van der Waals surface area contributed by atoms with E-state index in [2.05, 4.69) is 120 Å². The molecule has 3 heteroatoms. The third-order valence-corrected chi connectivity index (χ3v) is 8.73. The summed E-state index contributed by atoms with van der Waals surface area (Å²) in [4.78, 5) is 2.48. The summed E-state index contributed by atoms with van der Waals surface area (Å²) >= 11 is 1.84. The number of pyridine rings is 1. The summed E-state index contributed by atoms with van der Waals surface area (Å²) in [5.41, 5.74) is 7.35. The lowest BCUT2D eigenvalue weighted by Crippen LogP contribution is -1.98. The van der Waals surface area contributed by atoms with Gasteiger partial charge < -0.3 is 0 Å². The molecule has 0 radical (unpaired) electrons. The van der Waals surface area contributed by atoms with Crippen LogP contribution in [0.15, 0.2) is 115 Å². The summed E-state index contributed by atoms with van der Waals surface area (Å²) in [6.07, 6.45) is 2.49. The first-order valence-electron chi connectivity index (χ1n) is 12.9. The van der Waals surface area contributed by atoms with Crippen LogP contribution in [0.1, 0.15) is 24.5 Å². The molecule has 1 aliphatic rings. The fourth-order valence-corrected chi connectivity index (χ4v) is 6.72. The summed E-state index contributed by atoms with van der Waals surface area (Å²) in [7, 11) is 0. The van der Waals surface area contributed by atoms with Crippen LogP contribution < -0.4 is 0 Å². The average Bonchev–Trinajstić information content (AvgIpc) is 3.54. The number of hydrogen-bond donors (Lipinski definition) is 0. The van der Waals surface area contributed by atoms with E-state index in [4.69, 9.17) is 5.10 Å². The molecule has 0 saturated heterocycles. The molecule has 0 N–H and O–H groups in total. The van der Waals surface area contributed by atoms with Crippen LogP contribution in [0.5, 0.6) is 0 Å². The second-order valence-corrected chi connectivity index (χ2v) is 11.1. The molecule has 0 atom stereocenters. The largest absolute Gasteiger partial charge is 0.236 e. The summed E-state index contributed by atoms with van der Waals surface area (Å²) < 4.78 is 2.26. The van der Waals surface area contributed by atoms with Gasteiger partial charge in [-0.05, 0) is 58.3 Å². The Kier molecular flexibility index (Phi) is 4.61. The van der Waals surface area contributed by atoms with Crippen LogP contribution in [0.3, 0.4) is 0 Å². The number of thiophene rings is 1. The predicted octanol–water partition coefficient (Wildman–Crippen LogP) is 9.58. The van der Waals surface area contributed by atoms with E-state index in [0.717, 1.165) is 5.69 Å². The van der Waals surface area contributed by atoms with E-state index in [0.29, 0.717) is 5.92 Å². The van der Waals surface area contributed by atoms with E-state index >= 15 is 0 Å². The average molecular weight is 493 g/mol. The molecule has 4 aromatic carbocycles. The molecule has 37 heavy (non-hydrogen) atoms. The van der Waals surface area contributed by atoms with Crippen LogP contribution >= 0.6 is 11.3 Å². The topological polar surface area (TPSA) is 17.3 Å². The Morgan fingerprint density at radius 1 is 0.649 bits per heavy atom. The molecule has 3 heterocycles. The normalized spacial score (nSPS) is 13.6. The highest BCUT2D eigenvalue weighted by atomic mass is 32.1. The van der Waals surface area contributed by atoms with Crippen LogP contribution in [0.4, 0.5) is 0 Å². The maximum atomic E-state index is 5.37. The molecular weight excluding hydrogens is 468 g/mol. The zero-order valence-corrected chi connectivity index (χ0v) is 21.1. The van der Waals surface area contributed by atoms with Crippen molar-refractivity contribution in [1.82, 2.24) is 9.61 Å². The van der Waals surface area contributed by atoms with Crippen molar-refractivity contribution in [3.05, 3.63) is 121 Å². The Bertz CT molecular complexity index is 1930. The van der Waals surface area contributed by atoms with Gasteiger partial charge in [-0.3, -0.25) is 0 Å². The Hall–Kier alpha value is -4.21. The minimum absolute atomic E-state index is 0.595. The van der Waals surface area contributed by atoms with E-state index in [1.807, 2.05) is 11.3 Å². The molecule has 0 bridgehead atoms. The Morgan fingerprint density at radius 2 is 1.35 bits per heavy atom. The minimum atomic E-state index is 0.595. The molecule has 0 spiro atoms. The Balaban J connectivity index is 1.42. The standard InChI is InChI=1S/C34H24N2S/c1-2-10-24(11-3-1)32-33(31-20-19-30(37-31)28-16-8-13-22-9-4-6-14-26(22)28)35-36-29(23-17-18-23)21-25-12-5-7-15-27(25)34(32)36/h1-16,19-21,23H,17-18H2. The number of hydrogen-bond acceptors (Lipinski definition) is 2. The summed E-state index contributed by atoms with van der Waals surface area (Å²) in [6.45, 7) is 0. The first-order valence-corrected chi connectivity index (χ1v) is 13.7. The van der Waals surface area contributed by atoms with Gasteiger partial charge in [-0.1, -0.05) is 97.1 Å². The van der Waals surface area contributed by atoms with Gasteiger partial charge >= 0.3 is 0 Å². The van der Waals surface area contributed by atoms with Crippen LogP contribution in [-0.2, 0) is 0 Å². The molecule has 1 saturated carbocycles. The fourth-order valence-electron chi connectivity index (χ4n) is 5.68. The van der Waals surface area contributed by atoms with E-state index in [9.17, 15) is 0 Å². The number of benzene rings is 4. The van der Waals surface area contributed by atoms with Crippen molar-refractivity contribution < 1.29 is 0 Å². The van der Waals surface area contributed by atoms with Crippen molar-refractivity contribution in [2.24, 2.45) is 0 Å². The molecule has 1 aliphatic carbocycles. The van der Waals surface area contributed by atoms with E-state index in [1.165, 1.54) is 72.0 Å². The smallest absolute Gasteiger partial charge is 0.111 e. The predicted molar refractivity (Wildman–Crippen MR) is 156 cm³/mol. The van der Waals surface area contributed by atoms with Gasteiger partial charge in [-0.15, -0.1) is 11.3 Å². The van der Waals surface area contributed by atoms with Crippen molar-refractivity contribution in [2.45, 2.75) is 18.8 Å². The maximum absolute atomic E-state index is 5.37. The second kappa shape index (κ2) is 8.16. The summed E-state index contributed by atoms with van der Waals surface area (Å²) in [5, 5.41) is 10.5. The highest BCUT2D eigenvalue weighted by Crippen LogP contribution is 2.47. The highest BCUT2D eigenvalue weighted by Gasteiger charge is 2.29. The highest BCUT2D eigenvalue weighted by molar-refractivity contribution is 7.19. The second-order valence-electron chi connectivity index (χ2n) is 9.97. The zero-order valence-electron chi connectivity index (χ0n) is 20.3. The first-order chi connectivity index (χ1) is 18.3. The molecule has 0 unspecified atom stereocenters. The summed E-state index contributed by atoms with van der Waals surface area (Å²) in [5.74, 6) is 0.595. The van der Waals surface area contributed by atoms with Gasteiger partial charge in [0.2, 0.25) is 0 Å². The van der Waals surface area contributed by atoms with Crippen molar-refractivity contribution in [3.63, 3.8) is 0 Å². The zero-order chi connectivity index (χ0) is 24.3. The van der Waals surface area contributed by atoms with Gasteiger partial charge in [-0.2, -0.15) is 5.10 Å². The lowest BCUT2D eigenvalue weighted by molar-refractivity contribution is 0.866. The van der Waals surface area contributed by atoms with Gasteiger partial charge in [0.05, 0.1) is 10.4 Å². The van der Waals surface area contributed by atoms with Crippen molar-refractivity contribution in [3.8, 4) is 32.1 Å². The van der Waals surface area contributed by atoms with Gasteiger partial charge in [-0.25, -0.2) is 4.52 Å². The number of nitrogens with zero attached hydrogens (tertiary/aromatic N) is 2. The van der Waals surface area contributed by atoms with E-state index in [1.54, 1.807) is 0 Å². The molecule has 0 amide bonds. The lowest BCUT2D eigenvalue weighted by atomic mass is 9.99.